The highest BCUT2D eigenvalue weighted by molar-refractivity contribution is 5.87. The van der Waals surface area contributed by atoms with Gasteiger partial charge in [-0.1, -0.05) is 0 Å². The lowest BCUT2D eigenvalue weighted by atomic mass is 10.1. The first-order valence-electron chi connectivity index (χ1n) is 4.21. The highest BCUT2D eigenvalue weighted by Gasteiger charge is 2.07. The van der Waals surface area contributed by atoms with Gasteiger partial charge in [0.05, 0.1) is 11.6 Å². The molecule has 0 radical (unpaired) electrons. The Morgan fingerprint density at radius 2 is 2.50 bits per heavy atom. The highest BCUT2D eigenvalue weighted by atomic mass is 16.4. The maximum atomic E-state index is 10.6. The van der Waals surface area contributed by atoms with Gasteiger partial charge in [0.15, 0.2) is 0 Å². The monoisotopic (exact) mass is 190 g/mol. The second-order valence-corrected chi connectivity index (χ2v) is 3.08. The van der Waals surface area contributed by atoms with E-state index in [0.717, 1.165) is 0 Å². The van der Waals surface area contributed by atoms with Crippen LogP contribution < -0.4 is 0 Å². The summed E-state index contributed by atoms with van der Waals surface area (Å²) in [6.45, 7) is 1.77. The molecule has 4 nitrogen and oxygen atoms in total. The first kappa shape index (κ1) is 10.2. The molecule has 72 valence electrons. The predicted molar refractivity (Wildman–Crippen MR) is 49.7 cm³/mol. The summed E-state index contributed by atoms with van der Waals surface area (Å²) >= 11 is 0. The Morgan fingerprint density at radius 3 is 3.07 bits per heavy atom. The zero-order chi connectivity index (χ0) is 10.6. The van der Waals surface area contributed by atoms with Gasteiger partial charge in [0.25, 0.3) is 0 Å². The van der Waals surface area contributed by atoms with Crippen LogP contribution in [0.1, 0.15) is 23.0 Å². The van der Waals surface area contributed by atoms with Crippen molar-refractivity contribution in [1.82, 2.24) is 4.98 Å². The molecular weight excluding hydrogens is 180 g/mol. The van der Waals surface area contributed by atoms with Crippen LogP contribution in [-0.2, 0) is 6.42 Å². The Balaban J connectivity index is 2.85. The van der Waals surface area contributed by atoms with Crippen molar-refractivity contribution in [3.05, 3.63) is 29.6 Å². The molecule has 0 aliphatic heterocycles. The van der Waals surface area contributed by atoms with Gasteiger partial charge in [0, 0.05) is 24.2 Å². The number of nitrogens with zero attached hydrogens (tertiary/aromatic N) is 2. The van der Waals surface area contributed by atoms with E-state index in [0.29, 0.717) is 12.1 Å². The highest BCUT2D eigenvalue weighted by Crippen LogP contribution is 2.07. The normalized spacial score (nSPS) is 11.7. The van der Waals surface area contributed by atoms with E-state index < -0.39 is 5.97 Å². The molecule has 0 saturated carbocycles. The lowest BCUT2D eigenvalue weighted by molar-refractivity contribution is 0.0696. The van der Waals surface area contributed by atoms with Crippen LogP contribution in [0.3, 0.4) is 0 Å². The number of aromatic nitrogens is 1. The van der Waals surface area contributed by atoms with E-state index in [1.54, 1.807) is 6.92 Å². The Hall–Kier alpha value is -1.89. The van der Waals surface area contributed by atoms with Crippen LogP contribution in [0.2, 0.25) is 0 Å². The van der Waals surface area contributed by atoms with Gasteiger partial charge in [-0.05, 0) is 19.1 Å². The molecule has 1 N–H and O–H groups in total. The van der Waals surface area contributed by atoms with Gasteiger partial charge in [0.1, 0.15) is 0 Å². The standard InChI is InChI=1S/C10H10N2O2/c1-7(6-11)4-9-5-8(10(13)14)2-3-12-9/h2-3,5,7H,4H2,1H3,(H,13,14). The van der Waals surface area contributed by atoms with Crippen molar-refractivity contribution in [1.29, 1.82) is 5.26 Å². The topological polar surface area (TPSA) is 74.0 Å². The number of aromatic carboxylic acids is 1. The quantitative estimate of drug-likeness (QED) is 0.783. The number of carbonyl (C=O) groups is 1. The van der Waals surface area contributed by atoms with E-state index in [1.165, 1.54) is 18.3 Å². The number of carboxylic acids is 1. The van der Waals surface area contributed by atoms with Crippen LogP contribution >= 0.6 is 0 Å². The van der Waals surface area contributed by atoms with E-state index in [1.807, 2.05) is 0 Å². The van der Waals surface area contributed by atoms with Gasteiger partial charge in [-0.15, -0.1) is 0 Å². The molecule has 4 heteroatoms. The molecule has 0 fully saturated rings. The molecule has 0 saturated heterocycles. The second kappa shape index (κ2) is 4.38. The van der Waals surface area contributed by atoms with E-state index >= 15 is 0 Å². The van der Waals surface area contributed by atoms with Gasteiger partial charge < -0.3 is 5.11 Å². The third-order valence-electron chi connectivity index (χ3n) is 1.80. The van der Waals surface area contributed by atoms with Crippen LogP contribution in [-0.4, -0.2) is 16.1 Å². The van der Waals surface area contributed by atoms with Gasteiger partial charge in [-0.2, -0.15) is 5.26 Å². The number of carboxylic acid groups (broad SMARTS) is 1. The Morgan fingerprint density at radius 1 is 1.79 bits per heavy atom. The summed E-state index contributed by atoms with van der Waals surface area (Å²) in [7, 11) is 0. The van der Waals surface area contributed by atoms with Crippen molar-refractivity contribution < 1.29 is 9.90 Å². The third kappa shape index (κ3) is 2.56. The number of nitriles is 1. The van der Waals surface area contributed by atoms with Gasteiger partial charge in [-0.25, -0.2) is 4.79 Å². The number of hydrogen-bond acceptors (Lipinski definition) is 3. The number of pyridine rings is 1. The van der Waals surface area contributed by atoms with Crippen LogP contribution in [0.4, 0.5) is 0 Å². The summed E-state index contributed by atoms with van der Waals surface area (Å²) < 4.78 is 0. The fourth-order valence-corrected chi connectivity index (χ4v) is 1.08. The Bertz CT molecular complexity index is 382. The van der Waals surface area contributed by atoms with Crippen molar-refractivity contribution in [3.8, 4) is 6.07 Å². The Kier molecular flexibility index (Phi) is 3.19. The smallest absolute Gasteiger partial charge is 0.335 e. The SMILES string of the molecule is CC(C#N)Cc1cc(C(=O)O)ccn1. The fourth-order valence-electron chi connectivity index (χ4n) is 1.08. The van der Waals surface area contributed by atoms with Crippen LogP contribution in [0.15, 0.2) is 18.3 Å². The summed E-state index contributed by atoms with van der Waals surface area (Å²) in [6, 6.07) is 5.00. The molecule has 1 aromatic heterocycles. The first-order chi connectivity index (χ1) is 6.63. The molecule has 1 aromatic rings. The summed E-state index contributed by atoms with van der Waals surface area (Å²) in [5.74, 6) is -1.12. The molecule has 0 aliphatic carbocycles. The molecule has 1 atom stereocenters. The van der Waals surface area contributed by atoms with Crippen LogP contribution in [0, 0.1) is 17.2 Å². The summed E-state index contributed by atoms with van der Waals surface area (Å²) in [5, 5.41) is 17.3. The molecular formula is C10H10N2O2. The molecule has 0 spiro atoms. The predicted octanol–water partition coefficient (Wildman–Crippen LogP) is 1.48. The van der Waals surface area contributed by atoms with Crippen molar-refractivity contribution >= 4 is 5.97 Å². The molecule has 0 aliphatic rings. The van der Waals surface area contributed by atoms with E-state index in [9.17, 15) is 4.79 Å². The average molecular weight is 190 g/mol. The summed E-state index contributed by atoms with van der Waals surface area (Å²) in [5.41, 5.74) is 0.846. The van der Waals surface area contributed by atoms with Crippen molar-refractivity contribution in [3.63, 3.8) is 0 Å². The molecule has 14 heavy (non-hydrogen) atoms. The zero-order valence-corrected chi connectivity index (χ0v) is 7.77. The lowest BCUT2D eigenvalue weighted by Crippen LogP contribution is -2.02. The van der Waals surface area contributed by atoms with E-state index in [2.05, 4.69) is 11.1 Å². The molecule has 0 aromatic carbocycles. The van der Waals surface area contributed by atoms with Crippen molar-refractivity contribution in [2.45, 2.75) is 13.3 Å². The van der Waals surface area contributed by atoms with Gasteiger partial charge in [0.2, 0.25) is 0 Å². The fraction of sp³-hybridized carbons (Fsp3) is 0.300. The maximum Gasteiger partial charge on any atom is 0.335 e. The minimum absolute atomic E-state index is 0.147. The largest absolute Gasteiger partial charge is 0.478 e. The summed E-state index contributed by atoms with van der Waals surface area (Å²) in [6.07, 6.45) is 1.93. The van der Waals surface area contributed by atoms with E-state index in [-0.39, 0.29) is 11.5 Å². The van der Waals surface area contributed by atoms with Crippen molar-refractivity contribution in [2.24, 2.45) is 5.92 Å². The zero-order valence-electron chi connectivity index (χ0n) is 7.77. The maximum absolute atomic E-state index is 10.6. The second-order valence-electron chi connectivity index (χ2n) is 3.08. The molecule has 1 heterocycles. The first-order valence-corrected chi connectivity index (χ1v) is 4.21. The lowest BCUT2D eigenvalue weighted by Gasteiger charge is -2.02. The minimum atomic E-state index is -0.974. The minimum Gasteiger partial charge on any atom is -0.478 e. The number of hydrogen-bond donors (Lipinski definition) is 1. The Labute approximate surface area is 81.8 Å². The molecule has 1 rings (SSSR count). The van der Waals surface area contributed by atoms with Crippen LogP contribution in [0.5, 0.6) is 0 Å². The third-order valence-corrected chi connectivity index (χ3v) is 1.80. The van der Waals surface area contributed by atoms with Crippen molar-refractivity contribution in [2.75, 3.05) is 0 Å². The van der Waals surface area contributed by atoms with Crippen LogP contribution in [0.25, 0.3) is 0 Å². The molecule has 1 unspecified atom stereocenters. The number of rotatable bonds is 3. The molecule has 0 bridgehead atoms. The van der Waals surface area contributed by atoms with E-state index in [4.69, 9.17) is 10.4 Å². The summed E-state index contributed by atoms with van der Waals surface area (Å²) in [4.78, 5) is 14.6. The molecule has 0 amide bonds. The van der Waals surface area contributed by atoms with Gasteiger partial charge in [-0.3, -0.25) is 4.98 Å². The van der Waals surface area contributed by atoms with Gasteiger partial charge >= 0.3 is 5.97 Å². The average Bonchev–Trinajstić information content (AvgIpc) is 2.18.